The molecule has 0 aliphatic carbocycles. The molecule has 0 aromatic heterocycles. The normalized spacial score (nSPS) is 13.7. The number of carbonyl (C=O) groups excluding carboxylic acids is 4. The molecule has 8 nitrogen and oxygen atoms in total. The molecule has 2 aromatic carbocycles. The maximum atomic E-state index is 13.5. The summed E-state index contributed by atoms with van der Waals surface area (Å²) in [5.74, 6) is -2.16. The maximum Gasteiger partial charge on any atom is 0.340 e. The van der Waals surface area contributed by atoms with Gasteiger partial charge >= 0.3 is 5.97 Å². The molecule has 2 aliphatic rings. The monoisotopic (exact) mass is 529 g/mol. The van der Waals surface area contributed by atoms with E-state index in [9.17, 15) is 32.3 Å². The van der Waals surface area contributed by atoms with E-state index in [1.165, 1.54) is 25.3 Å². The van der Waals surface area contributed by atoms with Crippen LogP contribution in [-0.4, -0.2) is 50.3 Å². The SMILES string of the molecule is C#C.COC(=O)c1cc(N2CCC=C(F)C2)ccc1NC(=O)CCC(F)F.O=C1NC(=O)c2ccccc21. The third-order valence-corrected chi connectivity index (χ3v) is 5.39. The first kappa shape index (κ1) is 29.6. The fraction of sp³-hybridized carbons (Fsp3) is 0.259. The molecule has 0 bridgehead atoms. The summed E-state index contributed by atoms with van der Waals surface area (Å²) in [4.78, 5) is 47.4. The van der Waals surface area contributed by atoms with Crippen molar-refractivity contribution in [1.29, 1.82) is 0 Å². The van der Waals surface area contributed by atoms with Gasteiger partial charge in [-0.3, -0.25) is 19.7 Å². The lowest BCUT2D eigenvalue weighted by molar-refractivity contribution is -0.116. The van der Waals surface area contributed by atoms with Gasteiger partial charge in [0.15, 0.2) is 0 Å². The van der Waals surface area contributed by atoms with E-state index in [2.05, 4.69) is 23.5 Å². The average Bonchev–Trinajstić information content (AvgIpc) is 3.22. The largest absolute Gasteiger partial charge is 0.465 e. The topological polar surface area (TPSA) is 105 Å². The average molecular weight is 530 g/mol. The fourth-order valence-electron chi connectivity index (χ4n) is 3.61. The van der Waals surface area contributed by atoms with Crippen LogP contribution in [0.2, 0.25) is 0 Å². The highest BCUT2D eigenvalue weighted by molar-refractivity contribution is 6.21. The molecule has 0 spiro atoms. The van der Waals surface area contributed by atoms with Crippen molar-refractivity contribution in [3.05, 3.63) is 71.1 Å². The van der Waals surface area contributed by atoms with E-state index in [-0.39, 0.29) is 41.9 Å². The summed E-state index contributed by atoms with van der Waals surface area (Å²) < 4.78 is 42.5. The minimum Gasteiger partial charge on any atom is -0.465 e. The number of amides is 3. The molecule has 11 heteroatoms. The van der Waals surface area contributed by atoms with Crippen molar-refractivity contribution in [2.24, 2.45) is 0 Å². The predicted octanol–water partition coefficient (Wildman–Crippen LogP) is 4.34. The molecule has 4 rings (SSSR count). The van der Waals surface area contributed by atoms with Crippen LogP contribution < -0.4 is 15.5 Å². The Labute approximate surface area is 217 Å². The van der Waals surface area contributed by atoms with Gasteiger partial charge in [-0.2, -0.15) is 0 Å². The van der Waals surface area contributed by atoms with Crippen LogP contribution >= 0.6 is 0 Å². The van der Waals surface area contributed by atoms with Crippen LogP contribution in [0.15, 0.2) is 54.4 Å². The van der Waals surface area contributed by atoms with E-state index in [1.807, 2.05) is 0 Å². The molecular weight excluding hydrogens is 503 g/mol. The highest BCUT2D eigenvalue weighted by atomic mass is 19.3. The Kier molecular flexibility index (Phi) is 11.1. The number of nitrogens with zero attached hydrogens (tertiary/aromatic N) is 1. The lowest BCUT2D eigenvalue weighted by atomic mass is 10.1. The predicted molar refractivity (Wildman–Crippen MR) is 136 cm³/mol. The molecule has 0 saturated heterocycles. The van der Waals surface area contributed by atoms with Gasteiger partial charge in [0.05, 0.1) is 36.0 Å². The van der Waals surface area contributed by atoms with E-state index in [0.717, 1.165) is 0 Å². The first-order chi connectivity index (χ1) is 18.2. The number of carbonyl (C=O) groups is 4. The Morgan fingerprint density at radius 2 is 1.74 bits per heavy atom. The molecule has 0 radical (unpaired) electrons. The lowest BCUT2D eigenvalue weighted by Gasteiger charge is -2.27. The number of fused-ring (bicyclic) bond motifs is 1. The maximum absolute atomic E-state index is 13.5. The Hall–Kier alpha value is -4.59. The molecule has 2 heterocycles. The highest BCUT2D eigenvalue weighted by Gasteiger charge is 2.25. The van der Waals surface area contributed by atoms with Crippen LogP contribution in [0.1, 0.15) is 50.3 Å². The molecule has 0 unspecified atom stereocenters. The van der Waals surface area contributed by atoms with Gasteiger partial charge in [0.2, 0.25) is 12.3 Å². The van der Waals surface area contributed by atoms with Gasteiger partial charge in [-0.05, 0) is 42.8 Å². The lowest BCUT2D eigenvalue weighted by Crippen LogP contribution is -2.29. The second-order valence-electron chi connectivity index (χ2n) is 7.89. The molecule has 2 N–H and O–H groups in total. The fourth-order valence-corrected chi connectivity index (χ4v) is 3.61. The van der Waals surface area contributed by atoms with Crippen LogP contribution in [-0.2, 0) is 9.53 Å². The zero-order valence-electron chi connectivity index (χ0n) is 20.5. The van der Waals surface area contributed by atoms with Crippen LogP contribution in [0.25, 0.3) is 0 Å². The summed E-state index contributed by atoms with van der Waals surface area (Å²) in [6, 6.07) is 11.3. The molecule has 200 valence electrons. The number of imide groups is 1. The van der Waals surface area contributed by atoms with Gasteiger partial charge < -0.3 is 15.0 Å². The second kappa shape index (κ2) is 14.2. The summed E-state index contributed by atoms with van der Waals surface area (Å²) in [5, 5.41) is 4.65. The van der Waals surface area contributed by atoms with Crippen molar-refractivity contribution in [2.45, 2.75) is 25.7 Å². The van der Waals surface area contributed by atoms with Gasteiger partial charge in [0, 0.05) is 25.1 Å². The number of hydrogen-bond donors (Lipinski definition) is 2. The number of ether oxygens (including phenoxy) is 1. The molecule has 0 saturated carbocycles. The van der Waals surface area contributed by atoms with Crippen molar-refractivity contribution in [2.75, 3.05) is 30.4 Å². The van der Waals surface area contributed by atoms with Gasteiger partial charge in [-0.15, -0.1) is 12.8 Å². The number of esters is 1. The first-order valence-corrected chi connectivity index (χ1v) is 11.4. The highest BCUT2D eigenvalue weighted by Crippen LogP contribution is 2.27. The summed E-state index contributed by atoms with van der Waals surface area (Å²) in [5.41, 5.74) is 1.80. The van der Waals surface area contributed by atoms with Crippen molar-refractivity contribution in [3.8, 4) is 12.8 Å². The summed E-state index contributed by atoms with van der Waals surface area (Å²) in [6.07, 6.45) is 6.56. The number of halogens is 3. The molecule has 3 amide bonds. The van der Waals surface area contributed by atoms with E-state index >= 15 is 0 Å². The smallest absolute Gasteiger partial charge is 0.340 e. The Bertz CT molecular complexity index is 1210. The number of methoxy groups -OCH3 is 1. The molecular formula is C27H26F3N3O5. The molecule has 0 atom stereocenters. The summed E-state index contributed by atoms with van der Waals surface area (Å²) in [7, 11) is 1.20. The molecule has 38 heavy (non-hydrogen) atoms. The second-order valence-corrected chi connectivity index (χ2v) is 7.89. The third kappa shape index (κ3) is 7.96. The molecule has 2 aromatic rings. The van der Waals surface area contributed by atoms with Crippen LogP contribution in [0.4, 0.5) is 24.5 Å². The summed E-state index contributed by atoms with van der Waals surface area (Å²) in [6.45, 7) is 0.689. The van der Waals surface area contributed by atoms with Crippen molar-refractivity contribution < 1.29 is 37.1 Å². The van der Waals surface area contributed by atoms with Crippen LogP contribution in [0, 0.1) is 12.8 Å². The number of alkyl halides is 2. The first-order valence-electron chi connectivity index (χ1n) is 11.4. The minimum atomic E-state index is -2.57. The number of benzene rings is 2. The van der Waals surface area contributed by atoms with Gasteiger partial charge in [0.1, 0.15) is 5.83 Å². The number of rotatable bonds is 6. The number of terminal acetylenes is 1. The van der Waals surface area contributed by atoms with Crippen molar-refractivity contribution in [3.63, 3.8) is 0 Å². The van der Waals surface area contributed by atoms with Gasteiger partial charge in [0.25, 0.3) is 11.8 Å². The van der Waals surface area contributed by atoms with E-state index in [0.29, 0.717) is 29.8 Å². The van der Waals surface area contributed by atoms with E-state index in [1.54, 1.807) is 35.2 Å². The van der Waals surface area contributed by atoms with Crippen LogP contribution in [0.3, 0.4) is 0 Å². The van der Waals surface area contributed by atoms with Crippen LogP contribution in [0.5, 0.6) is 0 Å². The number of hydrogen-bond acceptors (Lipinski definition) is 6. The van der Waals surface area contributed by atoms with Gasteiger partial charge in [-0.1, -0.05) is 12.1 Å². The molecule has 0 fully saturated rings. The third-order valence-electron chi connectivity index (χ3n) is 5.39. The Balaban J connectivity index is 0.000000321. The van der Waals surface area contributed by atoms with Crippen molar-refractivity contribution in [1.82, 2.24) is 5.32 Å². The Morgan fingerprint density at radius 1 is 1.11 bits per heavy atom. The number of nitrogens with one attached hydrogen (secondary N) is 2. The van der Waals surface area contributed by atoms with E-state index < -0.39 is 24.7 Å². The minimum absolute atomic E-state index is 0.0837. The zero-order valence-corrected chi connectivity index (χ0v) is 20.5. The van der Waals surface area contributed by atoms with Gasteiger partial charge in [-0.25, -0.2) is 18.0 Å². The zero-order chi connectivity index (χ0) is 28.2. The summed E-state index contributed by atoms with van der Waals surface area (Å²) >= 11 is 0. The van der Waals surface area contributed by atoms with E-state index in [4.69, 9.17) is 4.74 Å². The number of anilines is 2. The standard InChI is InChI=1S/C17H19F3N2O3.C8H5NO2.C2H2/c1-25-17(24)13-9-12(22-8-2-3-11(18)10-22)4-5-14(13)21-16(23)7-6-15(19)20;10-7-5-3-1-2-4-6(5)8(11)9-7;1-2/h3-5,9,15H,2,6-8,10H2,1H3,(H,21,23);1-4H,(H,9,10,11);1-2H. The Morgan fingerprint density at radius 3 is 2.29 bits per heavy atom. The molecule has 2 aliphatic heterocycles. The van der Waals surface area contributed by atoms with Crippen molar-refractivity contribution >= 4 is 35.1 Å². The quantitative estimate of drug-likeness (QED) is 0.328.